The molecule has 0 bridgehead atoms. The van der Waals surface area contributed by atoms with Crippen molar-refractivity contribution in [2.75, 3.05) is 34.7 Å². The van der Waals surface area contributed by atoms with Gasteiger partial charge < -0.3 is 57.1 Å². The third-order valence-corrected chi connectivity index (χ3v) is 7.57. The Morgan fingerprint density at radius 1 is 0.950 bits per heavy atom. The maximum Gasteiger partial charge on any atom is 0.344 e. The SMILES string of the molecule is COc1cc(C2c3cc4c(cc3C(OC(=O)c3ccc[n+](C)c3)C3COC(=O)C23)OCO4)cc(OC)c1OC.[I-]. The lowest BCUT2D eigenvalue weighted by Crippen LogP contribution is -3.00. The van der Waals surface area contributed by atoms with Crippen molar-refractivity contribution >= 4 is 11.9 Å². The summed E-state index contributed by atoms with van der Waals surface area (Å²) in [5.74, 6) is 0.0701. The van der Waals surface area contributed by atoms with Crippen LogP contribution in [0.5, 0.6) is 28.7 Å². The van der Waals surface area contributed by atoms with Gasteiger partial charge >= 0.3 is 11.9 Å². The van der Waals surface area contributed by atoms with E-state index in [0.29, 0.717) is 34.3 Å². The second kappa shape index (κ2) is 11.0. The largest absolute Gasteiger partial charge is 1.00 e. The number of cyclic esters (lactones) is 1. The molecule has 10 nitrogen and oxygen atoms in total. The number of rotatable bonds is 6. The molecule has 2 aliphatic heterocycles. The molecule has 3 aliphatic rings. The molecular weight excluding hydrogens is 633 g/mol. The lowest BCUT2D eigenvalue weighted by atomic mass is 9.66. The fourth-order valence-electron chi connectivity index (χ4n) is 5.84. The monoisotopic (exact) mass is 661 g/mol. The summed E-state index contributed by atoms with van der Waals surface area (Å²) in [6.07, 6.45) is 2.77. The first-order valence-electron chi connectivity index (χ1n) is 12.5. The van der Waals surface area contributed by atoms with Crippen molar-refractivity contribution in [2.24, 2.45) is 18.9 Å². The van der Waals surface area contributed by atoms with E-state index in [1.165, 1.54) is 7.11 Å². The molecule has 4 atom stereocenters. The van der Waals surface area contributed by atoms with Gasteiger partial charge in [-0.15, -0.1) is 0 Å². The second-order valence-electron chi connectivity index (χ2n) is 9.67. The number of hydrogen-bond acceptors (Lipinski definition) is 9. The lowest BCUT2D eigenvalue weighted by molar-refractivity contribution is -0.671. The van der Waals surface area contributed by atoms with Crippen LogP contribution in [0.25, 0.3) is 0 Å². The number of methoxy groups -OCH3 is 3. The van der Waals surface area contributed by atoms with Gasteiger partial charge in [0.1, 0.15) is 18.7 Å². The van der Waals surface area contributed by atoms with Crippen molar-refractivity contribution in [3.05, 3.63) is 71.0 Å². The van der Waals surface area contributed by atoms with Crippen LogP contribution < -0.4 is 52.2 Å². The highest BCUT2D eigenvalue weighted by molar-refractivity contribution is 5.89. The number of aryl methyl sites for hydroxylation is 1. The molecule has 2 aromatic carbocycles. The number of fused-ring (bicyclic) bond motifs is 3. The van der Waals surface area contributed by atoms with E-state index >= 15 is 0 Å². The number of nitrogens with zero attached hydrogens (tertiary/aromatic N) is 1. The molecule has 1 saturated heterocycles. The smallest absolute Gasteiger partial charge is 0.344 e. The van der Waals surface area contributed by atoms with Crippen molar-refractivity contribution in [1.29, 1.82) is 0 Å². The molecule has 0 saturated carbocycles. The number of benzene rings is 2. The van der Waals surface area contributed by atoms with Gasteiger partial charge in [0.05, 0.1) is 33.9 Å². The van der Waals surface area contributed by atoms with Gasteiger partial charge in [0, 0.05) is 23.5 Å². The molecule has 3 aromatic rings. The van der Waals surface area contributed by atoms with E-state index in [2.05, 4.69) is 0 Å². The molecular formula is C29H28INO9. The number of ether oxygens (including phenoxy) is 7. The maximum absolute atomic E-state index is 13.3. The Morgan fingerprint density at radius 3 is 2.25 bits per heavy atom. The molecule has 1 fully saturated rings. The molecule has 1 aromatic heterocycles. The standard InChI is InChI=1S/C29H28NO9.HI/c1-30-7-5-6-15(12-30)28(31)39-26-18-11-21-20(37-14-38-21)10-17(18)24(25-19(26)13-36-29(25)32)16-8-22(33-2)27(35-4)23(9-16)34-3;/h5-12,19,24-26H,13-14H2,1-4H3;1H/q+1;/p-1. The predicted molar refractivity (Wildman–Crippen MR) is 134 cm³/mol. The molecule has 40 heavy (non-hydrogen) atoms. The predicted octanol–water partition coefficient (Wildman–Crippen LogP) is 0.102. The van der Waals surface area contributed by atoms with Crippen LogP contribution in [0.15, 0.2) is 48.8 Å². The van der Waals surface area contributed by atoms with Crippen LogP contribution in [-0.2, 0) is 21.3 Å². The fourth-order valence-corrected chi connectivity index (χ4v) is 5.84. The number of pyridine rings is 1. The summed E-state index contributed by atoms with van der Waals surface area (Å²) < 4.78 is 41.6. The first-order chi connectivity index (χ1) is 18.9. The lowest BCUT2D eigenvalue weighted by Gasteiger charge is -2.38. The van der Waals surface area contributed by atoms with Crippen LogP contribution in [0.3, 0.4) is 0 Å². The molecule has 4 unspecified atom stereocenters. The molecule has 3 heterocycles. The Kier molecular flexibility index (Phi) is 7.67. The highest BCUT2D eigenvalue weighted by Gasteiger charge is 2.54. The van der Waals surface area contributed by atoms with Gasteiger partial charge in [0.2, 0.25) is 12.5 Å². The van der Waals surface area contributed by atoms with Gasteiger partial charge in [0.15, 0.2) is 35.4 Å². The van der Waals surface area contributed by atoms with Gasteiger partial charge in [-0.1, -0.05) is 0 Å². The first kappa shape index (κ1) is 27.8. The van der Waals surface area contributed by atoms with Crippen molar-refractivity contribution in [3.8, 4) is 28.7 Å². The van der Waals surface area contributed by atoms with Crippen LogP contribution in [-0.4, -0.2) is 46.7 Å². The van der Waals surface area contributed by atoms with Gasteiger partial charge in [0.25, 0.3) is 0 Å². The third-order valence-electron chi connectivity index (χ3n) is 7.57. The van der Waals surface area contributed by atoms with E-state index in [4.69, 9.17) is 33.2 Å². The normalized spacial score (nSPS) is 21.9. The minimum Gasteiger partial charge on any atom is -1.00 e. The molecule has 0 amide bonds. The Hall–Kier alpha value is -3.74. The zero-order valence-corrected chi connectivity index (χ0v) is 24.5. The number of aromatic nitrogens is 1. The third kappa shape index (κ3) is 4.55. The van der Waals surface area contributed by atoms with Crippen molar-refractivity contribution in [2.45, 2.75) is 12.0 Å². The summed E-state index contributed by atoms with van der Waals surface area (Å²) in [7, 11) is 6.45. The van der Waals surface area contributed by atoms with E-state index in [0.717, 1.165) is 16.7 Å². The Labute approximate surface area is 248 Å². The number of esters is 2. The van der Waals surface area contributed by atoms with Crippen LogP contribution in [0.4, 0.5) is 0 Å². The van der Waals surface area contributed by atoms with Crippen LogP contribution in [0.1, 0.15) is 39.1 Å². The minimum absolute atomic E-state index is 0. The van der Waals surface area contributed by atoms with Crippen molar-refractivity contribution < 1.29 is 71.3 Å². The highest BCUT2D eigenvalue weighted by atomic mass is 127. The fraction of sp³-hybridized carbons (Fsp3) is 0.345. The zero-order chi connectivity index (χ0) is 27.3. The molecule has 1 aliphatic carbocycles. The Balaban J connectivity index is 0.00000323. The summed E-state index contributed by atoms with van der Waals surface area (Å²) >= 11 is 0. The summed E-state index contributed by atoms with van der Waals surface area (Å²) in [4.78, 5) is 26.6. The zero-order valence-electron chi connectivity index (χ0n) is 22.3. The summed E-state index contributed by atoms with van der Waals surface area (Å²) in [6, 6.07) is 10.8. The van der Waals surface area contributed by atoms with Crippen LogP contribution in [0, 0.1) is 11.8 Å². The van der Waals surface area contributed by atoms with E-state index < -0.39 is 29.8 Å². The van der Waals surface area contributed by atoms with Crippen LogP contribution >= 0.6 is 0 Å². The van der Waals surface area contributed by atoms with E-state index in [1.807, 2.05) is 37.5 Å². The molecule has 0 N–H and O–H groups in total. The van der Waals surface area contributed by atoms with Crippen molar-refractivity contribution in [1.82, 2.24) is 0 Å². The number of hydrogen-bond donors (Lipinski definition) is 0. The first-order valence-corrected chi connectivity index (χ1v) is 12.5. The molecule has 210 valence electrons. The topological polar surface area (TPSA) is 103 Å². The van der Waals surface area contributed by atoms with E-state index in [-0.39, 0.29) is 43.3 Å². The second-order valence-corrected chi connectivity index (χ2v) is 9.67. The van der Waals surface area contributed by atoms with Crippen molar-refractivity contribution in [3.63, 3.8) is 0 Å². The van der Waals surface area contributed by atoms with E-state index in [1.54, 1.807) is 37.1 Å². The molecule has 6 rings (SSSR count). The van der Waals surface area contributed by atoms with Gasteiger partial charge in [-0.05, 0) is 41.5 Å². The molecule has 0 spiro atoms. The minimum atomic E-state index is -0.748. The van der Waals surface area contributed by atoms with E-state index in [9.17, 15) is 9.59 Å². The van der Waals surface area contributed by atoms with Gasteiger partial charge in [-0.2, -0.15) is 0 Å². The maximum atomic E-state index is 13.3. The number of halogens is 1. The highest BCUT2D eigenvalue weighted by Crippen LogP contribution is 2.56. The average molecular weight is 661 g/mol. The summed E-state index contributed by atoms with van der Waals surface area (Å²) in [5, 5.41) is 0. The quantitative estimate of drug-likeness (QED) is 0.207. The molecule has 0 radical (unpaired) electrons. The van der Waals surface area contributed by atoms with Crippen LogP contribution in [0.2, 0.25) is 0 Å². The summed E-state index contributed by atoms with van der Waals surface area (Å²) in [5.41, 5.74) is 2.66. The Morgan fingerprint density at radius 2 is 1.62 bits per heavy atom. The number of carbonyl (C=O) groups is 2. The molecule has 11 heteroatoms. The average Bonchev–Trinajstić information content (AvgIpc) is 3.57. The van der Waals surface area contributed by atoms with Gasteiger partial charge in [-0.3, -0.25) is 4.79 Å². The number of carbonyl (C=O) groups excluding carboxylic acids is 2. The van der Waals surface area contributed by atoms with Gasteiger partial charge in [-0.25, -0.2) is 9.36 Å². The summed E-state index contributed by atoms with van der Waals surface area (Å²) in [6.45, 7) is 0.186. The Bertz CT molecular complexity index is 1450.